The number of anilines is 1. The van der Waals surface area contributed by atoms with Gasteiger partial charge in [0.15, 0.2) is 5.82 Å². The zero-order valence-electron chi connectivity index (χ0n) is 14.7. The van der Waals surface area contributed by atoms with Crippen molar-refractivity contribution < 1.29 is 5.11 Å². The third-order valence-electron chi connectivity index (χ3n) is 4.20. The first-order valence-electron chi connectivity index (χ1n) is 8.28. The van der Waals surface area contributed by atoms with E-state index in [0.29, 0.717) is 12.4 Å². The fraction of sp³-hybridized carbons (Fsp3) is 0.250. The third kappa shape index (κ3) is 4.00. The summed E-state index contributed by atoms with van der Waals surface area (Å²) in [7, 11) is 0. The van der Waals surface area contributed by atoms with Crippen molar-refractivity contribution in [1.82, 2.24) is 15.0 Å². The smallest absolute Gasteiger partial charge is 0.163 e. The van der Waals surface area contributed by atoms with Crippen LogP contribution in [0, 0.1) is 20.8 Å². The van der Waals surface area contributed by atoms with E-state index in [4.69, 9.17) is 0 Å². The average molecular weight is 334 g/mol. The molecule has 2 N–H and O–H groups in total. The maximum Gasteiger partial charge on any atom is 0.163 e. The third-order valence-corrected chi connectivity index (χ3v) is 4.20. The predicted octanol–water partition coefficient (Wildman–Crippen LogP) is 3.61. The van der Waals surface area contributed by atoms with Crippen molar-refractivity contribution in [1.29, 1.82) is 0 Å². The van der Waals surface area contributed by atoms with E-state index in [1.165, 1.54) is 0 Å². The Morgan fingerprint density at radius 3 is 2.64 bits per heavy atom. The number of nitrogens with zero attached hydrogens (tertiary/aromatic N) is 3. The highest BCUT2D eigenvalue weighted by atomic mass is 16.3. The molecule has 3 aromatic rings. The van der Waals surface area contributed by atoms with Crippen molar-refractivity contribution in [2.45, 2.75) is 26.9 Å². The van der Waals surface area contributed by atoms with Crippen molar-refractivity contribution in [2.24, 2.45) is 0 Å². The van der Waals surface area contributed by atoms with E-state index in [1.807, 2.05) is 57.2 Å². The van der Waals surface area contributed by atoms with E-state index in [9.17, 15) is 5.11 Å². The van der Waals surface area contributed by atoms with E-state index < -0.39 is 6.10 Å². The van der Waals surface area contributed by atoms with Crippen molar-refractivity contribution in [3.63, 3.8) is 0 Å². The largest absolute Gasteiger partial charge is 0.387 e. The van der Waals surface area contributed by atoms with Gasteiger partial charge in [0.25, 0.3) is 0 Å². The summed E-state index contributed by atoms with van der Waals surface area (Å²) >= 11 is 0. The molecule has 0 spiro atoms. The Labute approximate surface area is 147 Å². The van der Waals surface area contributed by atoms with Crippen LogP contribution in [0.1, 0.15) is 28.5 Å². The van der Waals surface area contributed by atoms with Crippen molar-refractivity contribution in [2.75, 3.05) is 11.9 Å². The van der Waals surface area contributed by atoms with Crippen LogP contribution in [-0.2, 0) is 0 Å². The van der Waals surface area contributed by atoms with Gasteiger partial charge in [0.05, 0.1) is 6.10 Å². The van der Waals surface area contributed by atoms with Gasteiger partial charge in [-0.1, -0.05) is 29.8 Å². The Morgan fingerprint density at radius 2 is 1.92 bits per heavy atom. The molecule has 5 heteroatoms. The number of aliphatic hydroxyl groups excluding tert-OH is 1. The van der Waals surface area contributed by atoms with Crippen molar-refractivity contribution in [3.8, 4) is 11.4 Å². The van der Waals surface area contributed by atoms with Gasteiger partial charge in [0, 0.05) is 35.8 Å². The molecule has 0 bridgehead atoms. The second-order valence-corrected chi connectivity index (χ2v) is 6.16. The number of hydrogen-bond donors (Lipinski definition) is 2. The molecule has 128 valence electrons. The number of aryl methyl sites for hydroxylation is 2. The van der Waals surface area contributed by atoms with Crippen molar-refractivity contribution >= 4 is 5.82 Å². The lowest BCUT2D eigenvalue weighted by molar-refractivity contribution is 0.191. The Hall–Kier alpha value is -2.79. The summed E-state index contributed by atoms with van der Waals surface area (Å²) in [4.78, 5) is 13.3. The molecule has 5 nitrogen and oxygen atoms in total. The first-order valence-corrected chi connectivity index (χ1v) is 8.28. The molecule has 0 fully saturated rings. The lowest BCUT2D eigenvalue weighted by Gasteiger charge is -2.16. The maximum atomic E-state index is 10.4. The Kier molecular flexibility index (Phi) is 5.05. The molecule has 1 aromatic carbocycles. The Morgan fingerprint density at radius 1 is 1.08 bits per heavy atom. The molecular weight excluding hydrogens is 312 g/mol. The van der Waals surface area contributed by atoms with E-state index in [2.05, 4.69) is 20.3 Å². The minimum atomic E-state index is -0.601. The van der Waals surface area contributed by atoms with Gasteiger partial charge < -0.3 is 10.4 Å². The van der Waals surface area contributed by atoms with Crippen LogP contribution >= 0.6 is 0 Å². The quantitative estimate of drug-likeness (QED) is 0.746. The predicted molar refractivity (Wildman–Crippen MR) is 99.4 cm³/mol. The van der Waals surface area contributed by atoms with E-state index in [0.717, 1.165) is 33.8 Å². The molecule has 0 amide bonds. The van der Waals surface area contributed by atoms with Crippen molar-refractivity contribution in [3.05, 3.63) is 71.2 Å². The zero-order chi connectivity index (χ0) is 17.8. The molecule has 2 heterocycles. The molecule has 1 atom stereocenters. The van der Waals surface area contributed by atoms with Crippen LogP contribution in [0.4, 0.5) is 5.82 Å². The monoisotopic (exact) mass is 334 g/mol. The minimum Gasteiger partial charge on any atom is -0.387 e. The summed E-state index contributed by atoms with van der Waals surface area (Å²) in [5, 5.41) is 13.7. The molecule has 1 unspecified atom stereocenters. The highest BCUT2D eigenvalue weighted by Crippen LogP contribution is 2.22. The number of nitrogens with one attached hydrogen (secondary N) is 1. The normalized spacial score (nSPS) is 12.0. The number of pyridine rings is 1. The summed E-state index contributed by atoms with van der Waals surface area (Å²) in [6, 6.07) is 11.7. The second kappa shape index (κ2) is 7.40. The molecule has 25 heavy (non-hydrogen) atoms. The Bertz CT molecular complexity index is 865. The number of benzene rings is 1. The van der Waals surface area contributed by atoms with E-state index >= 15 is 0 Å². The topological polar surface area (TPSA) is 70.9 Å². The summed E-state index contributed by atoms with van der Waals surface area (Å²) in [5.74, 6) is 1.36. The van der Waals surface area contributed by atoms with Crippen LogP contribution < -0.4 is 5.32 Å². The van der Waals surface area contributed by atoms with Gasteiger partial charge in [-0.05, 0) is 38.5 Å². The van der Waals surface area contributed by atoms with Crippen LogP contribution in [0.2, 0.25) is 0 Å². The zero-order valence-corrected chi connectivity index (χ0v) is 14.7. The standard InChI is InChI=1S/C20H22N4O/c1-13-6-4-7-16(10-13)18(25)12-22-19-14(2)15(3)23-20(24-19)17-8-5-9-21-11-17/h4-11,18,25H,12H2,1-3H3,(H,22,23,24). The van der Waals surface area contributed by atoms with Crippen LogP contribution in [0.3, 0.4) is 0 Å². The highest BCUT2D eigenvalue weighted by molar-refractivity contribution is 5.58. The number of rotatable bonds is 5. The summed E-state index contributed by atoms with van der Waals surface area (Å²) in [6.07, 6.45) is 2.87. The van der Waals surface area contributed by atoms with Gasteiger partial charge in [-0.3, -0.25) is 4.98 Å². The maximum absolute atomic E-state index is 10.4. The highest BCUT2D eigenvalue weighted by Gasteiger charge is 2.12. The minimum absolute atomic E-state index is 0.382. The van der Waals surface area contributed by atoms with Gasteiger partial charge in [-0.15, -0.1) is 0 Å². The van der Waals surface area contributed by atoms with Gasteiger partial charge in [0.2, 0.25) is 0 Å². The molecule has 0 saturated heterocycles. The van der Waals surface area contributed by atoms with Crippen LogP contribution in [0.5, 0.6) is 0 Å². The molecule has 0 aliphatic heterocycles. The fourth-order valence-corrected chi connectivity index (χ4v) is 2.61. The summed E-state index contributed by atoms with van der Waals surface area (Å²) < 4.78 is 0. The van der Waals surface area contributed by atoms with Crippen LogP contribution in [0.25, 0.3) is 11.4 Å². The Balaban J connectivity index is 1.81. The number of aliphatic hydroxyl groups is 1. The molecule has 0 radical (unpaired) electrons. The van der Waals surface area contributed by atoms with E-state index in [-0.39, 0.29) is 0 Å². The molecular formula is C20H22N4O. The molecule has 0 aliphatic carbocycles. The first-order chi connectivity index (χ1) is 12.0. The SMILES string of the molecule is Cc1cccc(C(O)CNc2nc(-c3cccnc3)nc(C)c2C)c1. The fourth-order valence-electron chi connectivity index (χ4n) is 2.61. The molecule has 0 aliphatic rings. The van der Waals surface area contributed by atoms with Gasteiger partial charge in [-0.2, -0.15) is 0 Å². The average Bonchev–Trinajstić information content (AvgIpc) is 2.63. The molecule has 2 aromatic heterocycles. The lowest BCUT2D eigenvalue weighted by atomic mass is 10.1. The van der Waals surface area contributed by atoms with Gasteiger partial charge in [0.1, 0.15) is 5.82 Å². The van der Waals surface area contributed by atoms with Crippen LogP contribution in [-0.4, -0.2) is 26.6 Å². The van der Waals surface area contributed by atoms with Gasteiger partial charge >= 0.3 is 0 Å². The number of aromatic nitrogens is 3. The van der Waals surface area contributed by atoms with Gasteiger partial charge in [-0.25, -0.2) is 9.97 Å². The lowest BCUT2D eigenvalue weighted by Crippen LogP contribution is -2.15. The summed E-state index contributed by atoms with van der Waals surface area (Å²) in [6.45, 7) is 6.33. The number of hydrogen-bond acceptors (Lipinski definition) is 5. The first kappa shape index (κ1) is 17.0. The molecule has 3 rings (SSSR count). The van der Waals surface area contributed by atoms with E-state index in [1.54, 1.807) is 12.4 Å². The molecule has 0 saturated carbocycles. The summed E-state index contributed by atoms with van der Waals surface area (Å²) in [5.41, 5.74) is 4.77. The van der Waals surface area contributed by atoms with Crippen LogP contribution in [0.15, 0.2) is 48.8 Å². The second-order valence-electron chi connectivity index (χ2n) is 6.16.